The molecule has 1 amide bonds. The summed E-state index contributed by atoms with van der Waals surface area (Å²) >= 11 is 0. The number of anilines is 1. The highest BCUT2D eigenvalue weighted by Gasteiger charge is 2.22. The number of likely N-dealkylation sites (tertiary alicyclic amines) is 1. The normalized spacial score (nSPS) is 15.7. The summed E-state index contributed by atoms with van der Waals surface area (Å²) in [5, 5.41) is 2.91. The van der Waals surface area contributed by atoms with Crippen LogP contribution in [0.15, 0.2) is 24.3 Å². The average molecular weight is 420 g/mol. The Labute approximate surface area is 182 Å². The fourth-order valence-corrected chi connectivity index (χ4v) is 3.85. The number of para-hydroxylation sites is 2. The number of nitrogens with zero attached hydrogens (tertiary/aromatic N) is 2. The number of amides is 1. The molecule has 1 aromatic carbocycles. The second-order valence-electron chi connectivity index (χ2n) is 8.05. The van der Waals surface area contributed by atoms with Crippen molar-refractivity contribution in [1.82, 2.24) is 9.80 Å². The number of piperidine rings is 1. The zero-order valence-corrected chi connectivity index (χ0v) is 19.2. The summed E-state index contributed by atoms with van der Waals surface area (Å²) in [5.41, 5.74) is 0.665. The number of unbranched alkanes of at least 4 members (excludes halogenated alkanes) is 2. The molecule has 170 valence electrons. The lowest BCUT2D eigenvalue weighted by Crippen LogP contribution is -2.44. The molecule has 1 atom stereocenters. The Balaban J connectivity index is 1.95. The number of hydrogen-bond donors (Lipinski definition) is 1. The van der Waals surface area contributed by atoms with Gasteiger partial charge in [0.05, 0.1) is 12.3 Å². The van der Waals surface area contributed by atoms with Crippen LogP contribution in [0.4, 0.5) is 10.5 Å². The number of rotatable bonds is 13. The Hall–Kier alpha value is -1.79. The predicted octanol–water partition coefficient (Wildman–Crippen LogP) is 5.00. The van der Waals surface area contributed by atoms with Crippen LogP contribution in [-0.4, -0.2) is 67.9 Å². The molecule has 6 heteroatoms. The van der Waals surface area contributed by atoms with Crippen LogP contribution >= 0.6 is 0 Å². The zero-order chi connectivity index (χ0) is 21.6. The number of carbonyl (C=O) groups excluding carboxylic acids is 1. The smallest absolute Gasteiger partial charge is 0.412 e. The summed E-state index contributed by atoms with van der Waals surface area (Å²) in [7, 11) is 0. The largest absolute Gasteiger partial charge is 0.491 e. The first kappa shape index (κ1) is 24.5. The quantitative estimate of drug-likeness (QED) is 0.456. The Kier molecular flexibility index (Phi) is 11.6. The highest BCUT2D eigenvalue weighted by Crippen LogP contribution is 2.24. The summed E-state index contributed by atoms with van der Waals surface area (Å²) in [6.07, 6.45) is 6.50. The molecular weight excluding hydrogens is 378 g/mol. The summed E-state index contributed by atoms with van der Waals surface area (Å²) in [4.78, 5) is 17.5. The first-order valence-corrected chi connectivity index (χ1v) is 11.8. The van der Waals surface area contributed by atoms with E-state index in [1.165, 1.54) is 19.3 Å². The maximum absolute atomic E-state index is 12.7. The fraction of sp³-hybridized carbons (Fsp3) is 0.708. The van der Waals surface area contributed by atoms with Gasteiger partial charge in [-0.2, -0.15) is 0 Å². The molecule has 1 aliphatic heterocycles. The third-order valence-corrected chi connectivity index (χ3v) is 5.67. The molecule has 2 rings (SSSR count). The van der Waals surface area contributed by atoms with Crippen molar-refractivity contribution in [2.24, 2.45) is 0 Å². The number of likely N-dealkylation sites (N-methyl/N-ethyl adjacent to an activating group) is 1. The lowest BCUT2D eigenvalue weighted by atomic mass is 10.1. The van der Waals surface area contributed by atoms with Crippen molar-refractivity contribution in [1.29, 1.82) is 0 Å². The topological polar surface area (TPSA) is 54.0 Å². The molecule has 1 heterocycles. The Bertz CT molecular complexity index is 601. The van der Waals surface area contributed by atoms with Crippen molar-refractivity contribution in [2.75, 3.05) is 51.2 Å². The van der Waals surface area contributed by atoms with Crippen molar-refractivity contribution in [3.8, 4) is 5.75 Å². The summed E-state index contributed by atoms with van der Waals surface area (Å²) < 4.78 is 11.8. The SMILES string of the molecule is CCCCCOc1ccccc1NC(=O)OC(CN(CC)CC)CN1CCCCC1. The minimum Gasteiger partial charge on any atom is -0.491 e. The monoisotopic (exact) mass is 419 g/mol. The van der Waals surface area contributed by atoms with Crippen molar-refractivity contribution >= 4 is 11.8 Å². The highest BCUT2D eigenvalue weighted by molar-refractivity contribution is 5.86. The van der Waals surface area contributed by atoms with E-state index in [0.717, 1.165) is 58.5 Å². The van der Waals surface area contributed by atoms with Crippen molar-refractivity contribution < 1.29 is 14.3 Å². The van der Waals surface area contributed by atoms with Crippen molar-refractivity contribution in [3.05, 3.63) is 24.3 Å². The van der Waals surface area contributed by atoms with Gasteiger partial charge in [-0.25, -0.2) is 4.79 Å². The Morgan fingerprint density at radius 3 is 2.53 bits per heavy atom. The van der Waals surface area contributed by atoms with Crippen molar-refractivity contribution in [3.63, 3.8) is 0 Å². The number of ether oxygens (including phenoxy) is 2. The molecule has 1 saturated heterocycles. The zero-order valence-electron chi connectivity index (χ0n) is 19.2. The minimum atomic E-state index is -0.409. The number of benzene rings is 1. The van der Waals surface area contributed by atoms with Gasteiger partial charge in [0.25, 0.3) is 0 Å². The molecule has 0 radical (unpaired) electrons. The van der Waals surface area contributed by atoms with Crippen molar-refractivity contribution in [2.45, 2.75) is 65.4 Å². The van der Waals surface area contributed by atoms with E-state index in [1.807, 2.05) is 24.3 Å². The van der Waals surface area contributed by atoms with Gasteiger partial charge in [-0.05, 0) is 57.6 Å². The molecule has 0 spiro atoms. The van der Waals surface area contributed by atoms with Gasteiger partial charge >= 0.3 is 6.09 Å². The summed E-state index contributed by atoms with van der Waals surface area (Å²) in [6.45, 7) is 12.7. The van der Waals surface area contributed by atoms with E-state index in [1.54, 1.807) is 0 Å². The highest BCUT2D eigenvalue weighted by atomic mass is 16.6. The molecule has 1 fully saturated rings. The van der Waals surface area contributed by atoms with Gasteiger partial charge in [-0.15, -0.1) is 0 Å². The van der Waals surface area contributed by atoms with Gasteiger partial charge < -0.3 is 14.4 Å². The van der Waals surface area contributed by atoms with E-state index in [9.17, 15) is 4.79 Å². The van der Waals surface area contributed by atoms with Crippen LogP contribution in [0, 0.1) is 0 Å². The van der Waals surface area contributed by atoms with Crippen LogP contribution < -0.4 is 10.1 Å². The van der Waals surface area contributed by atoms with Gasteiger partial charge in [0.2, 0.25) is 0 Å². The van der Waals surface area contributed by atoms with Crippen LogP contribution in [-0.2, 0) is 4.74 Å². The molecule has 6 nitrogen and oxygen atoms in total. The molecule has 0 bridgehead atoms. The standard InChI is InChI=1S/C24H41N3O3/c1-4-7-13-18-29-23-15-10-9-14-22(23)25-24(28)30-21(19-26(5-2)6-3)20-27-16-11-8-12-17-27/h9-10,14-15,21H,4-8,11-13,16-20H2,1-3H3,(H,25,28). The first-order chi connectivity index (χ1) is 14.7. The van der Waals surface area contributed by atoms with Gasteiger partial charge in [-0.3, -0.25) is 10.2 Å². The summed E-state index contributed by atoms with van der Waals surface area (Å²) in [5.74, 6) is 0.696. The Morgan fingerprint density at radius 1 is 1.10 bits per heavy atom. The maximum atomic E-state index is 12.7. The minimum absolute atomic E-state index is 0.152. The number of nitrogens with one attached hydrogen (secondary N) is 1. The number of hydrogen-bond acceptors (Lipinski definition) is 5. The molecule has 0 saturated carbocycles. The molecule has 1 aliphatic rings. The number of carbonyl (C=O) groups is 1. The van der Waals surface area contributed by atoms with Crippen LogP contribution in [0.2, 0.25) is 0 Å². The molecule has 0 aliphatic carbocycles. The van der Waals surface area contributed by atoms with Crippen LogP contribution in [0.3, 0.4) is 0 Å². The summed E-state index contributed by atoms with van der Waals surface area (Å²) in [6, 6.07) is 7.57. The van der Waals surface area contributed by atoms with Gasteiger partial charge in [0.1, 0.15) is 11.9 Å². The van der Waals surface area contributed by atoms with Gasteiger partial charge in [0.15, 0.2) is 0 Å². The molecule has 0 aromatic heterocycles. The van der Waals surface area contributed by atoms with E-state index in [0.29, 0.717) is 18.0 Å². The van der Waals surface area contributed by atoms with E-state index in [2.05, 4.69) is 35.9 Å². The maximum Gasteiger partial charge on any atom is 0.412 e. The fourth-order valence-electron chi connectivity index (χ4n) is 3.85. The first-order valence-electron chi connectivity index (χ1n) is 11.8. The van der Waals surface area contributed by atoms with E-state index < -0.39 is 6.09 Å². The molecular formula is C24H41N3O3. The lowest BCUT2D eigenvalue weighted by molar-refractivity contribution is 0.0503. The average Bonchev–Trinajstić information content (AvgIpc) is 2.76. The lowest BCUT2D eigenvalue weighted by Gasteiger charge is -2.32. The molecule has 1 N–H and O–H groups in total. The Morgan fingerprint density at radius 2 is 1.83 bits per heavy atom. The third kappa shape index (κ3) is 8.92. The second-order valence-corrected chi connectivity index (χ2v) is 8.05. The van der Waals surface area contributed by atoms with E-state index in [-0.39, 0.29) is 6.10 Å². The molecule has 30 heavy (non-hydrogen) atoms. The van der Waals surface area contributed by atoms with Crippen LogP contribution in [0.25, 0.3) is 0 Å². The van der Waals surface area contributed by atoms with E-state index in [4.69, 9.17) is 9.47 Å². The van der Waals surface area contributed by atoms with Gasteiger partial charge in [-0.1, -0.05) is 52.2 Å². The van der Waals surface area contributed by atoms with Crippen LogP contribution in [0.1, 0.15) is 59.3 Å². The van der Waals surface area contributed by atoms with Crippen LogP contribution in [0.5, 0.6) is 5.75 Å². The van der Waals surface area contributed by atoms with E-state index >= 15 is 0 Å². The predicted molar refractivity (Wildman–Crippen MR) is 123 cm³/mol. The van der Waals surface area contributed by atoms with Gasteiger partial charge in [0, 0.05) is 13.1 Å². The second kappa shape index (κ2) is 14.3. The molecule has 1 aromatic rings. The third-order valence-electron chi connectivity index (χ3n) is 5.67. The molecule has 1 unspecified atom stereocenters.